The molecule has 0 radical (unpaired) electrons. The van der Waals surface area contributed by atoms with Crippen molar-refractivity contribution in [3.63, 3.8) is 0 Å². The molecule has 0 bridgehead atoms. The van der Waals surface area contributed by atoms with Gasteiger partial charge < -0.3 is 4.74 Å². The standard InChI is InChI=1S/C20H26N2O5S2/c1-3-16-9-5-6-10-18(16)21-29(25,26)20-15-17(11-12-19(20)27-4-2)22-13-7-8-14-28(22,23)24/h5-6,9-12,15,21H,3-4,7-8,13-14H2,1-2H3. The third kappa shape index (κ3) is 4.67. The lowest BCUT2D eigenvalue weighted by atomic mass is 10.1. The number of nitrogens with one attached hydrogen (secondary N) is 1. The van der Waals surface area contributed by atoms with E-state index in [1.54, 1.807) is 25.1 Å². The molecule has 0 atom stereocenters. The van der Waals surface area contributed by atoms with Gasteiger partial charge in [0.25, 0.3) is 10.0 Å². The second kappa shape index (κ2) is 8.62. The second-order valence-electron chi connectivity index (χ2n) is 6.78. The molecule has 0 aliphatic carbocycles. The molecule has 0 amide bonds. The van der Waals surface area contributed by atoms with Gasteiger partial charge in [0.15, 0.2) is 0 Å². The molecule has 1 heterocycles. The van der Waals surface area contributed by atoms with Crippen molar-refractivity contribution >= 4 is 31.4 Å². The van der Waals surface area contributed by atoms with Crippen molar-refractivity contribution in [2.24, 2.45) is 0 Å². The third-order valence-corrected chi connectivity index (χ3v) is 8.05. The van der Waals surface area contributed by atoms with Crippen molar-refractivity contribution in [3.05, 3.63) is 48.0 Å². The molecular formula is C20H26N2O5S2. The minimum atomic E-state index is -3.99. The Morgan fingerprint density at radius 1 is 1.10 bits per heavy atom. The third-order valence-electron chi connectivity index (χ3n) is 4.80. The fourth-order valence-corrected chi connectivity index (χ4v) is 6.24. The van der Waals surface area contributed by atoms with Crippen LogP contribution < -0.4 is 13.8 Å². The van der Waals surface area contributed by atoms with Crippen LogP contribution in [0.15, 0.2) is 47.4 Å². The minimum Gasteiger partial charge on any atom is -0.492 e. The molecule has 29 heavy (non-hydrogen) atoms. The Hall–Kier alpha value is -2.26. The van der Waals surface area contributed by atoms with Crippen molar-refractivity contribution in [3.8, 4) is 5.75 Å². The number of nitrogens with zero attached hydrogens (tertiary/aromatic N) is 1. The van der Waals surface area contributed by atoms with Gasteiger partial charge in [-0.3, -0.25) is 9.03 Å². The van der Waals surface area contributed by atoms with Crippen molar-refractivity contribution in [2.45, 2.75) is 38.0 Å². The highest BCUT2D eigenvalue weighted by Gasteiger charge is 2.29. The zero-order chi connectivity index (χ0) is 21.1. The average molecular weight is 439 g/mol. The van der Waals surface area contributed by atoms with Crippen LogP contribution in [0, 0.1) is 0 Å². The molecule has 2 aromatic rings. The molecule has 0 unspecified atom stereocenters. The van der Waals surface area contributed by atoms with Crippen molar-refractivity contribution in [1.82, 2.24) is 0 Å². The Morgan fingerprint density at radius 2 is 1.86 bits per heavy atom. The molecular weight excluding hydrogens is 412 g/mol. The smallest absolute Gasteiger partial charge is 0.265 e. The molecule has 0 spiro atoms. The van der Waals surface area contributed by atoms with Crippen LogP contribution in [0.1, 0.15) is 32.3 Å². The lowest BCUT2D eigenvalue weighted by Crippen LogP contribution is -2.38. The second-order valence-corrected chi connectivity index (χ2v) is 10.4. The molecule has 1 fully saturated rings. The van der Waals surface area contributed by atoms with E-state index in [1.165, 1.54) is 16.4 Å². The zero-order valence-electron chi connectivity index (χ0n) is 16.6. The quantitative estimate of drug-likeness (QED) is 0.715. The highest BCUT2D eigenvalue weighted by Crippen LogP contribution is 2.33. The van der Waals surface area contributed by atoms with Gasteiger partial charge in [-0.05, 0) is 56.0 Å². The van der Waals surface area contributed by atoms with Gasteiger partial charge in [0.2, 0.25) is 10.0 Å². The number of para-hydroxylation sites is 1. The van der Waals surface area contributed by atoms with E-state index in [0.29, 0.717) is 30.8 Å². The molecule has 1 aliphatic rings. The maximum atomic E-state index is 13.2. The summed E-state index contributed by atoms with van der Waals surface area (Å²) >= 11 is 0. The van der Waals surface area contributed by atoms with Gasteiger partial charge in [-0.2, -0.15) is 0 Å². The molecule has 2 aromatic carbocycles. The van der Waals surface area contributed by atoms with Gasteiger partial charge in [0, 0.05) is 6.54 Å². The Kier molecular flexibility index (Phi) is 6.38. The van der Waals surface area contributed by atoms with E-state index >= 15 is 0 Å². The number of ether oxygens (including phenoxy) is 1. The Morgan fingerprint density at radius 3 is 2.55 bits per heavy atom. The first-order valence-corrected chi connectivity index (χ1v) is 12.8. The summed E-state index contributed by atoms with van der Waals surface area (Å²) in [5, 5.41) is 0. The predicted molar refractivity (Wildman–Crippen MR) is 115 cm³/mol. The first-order valence-electron chi connectivity index (χ1n) is 9.66. The van der Waals surface area contributed by atoms with E-state index in [-0.39, 0.29) is 23.0 Å². The van der Waals surface area contributed by atoms with Crippen LogP contribution in [0.3, 0.4) is 0 Å². The zero-order valence-corrected chi connectivity index (χ0v) is 18.2. The van der Waals surface area contributed by atoms with E-state index in [0.717, 1.165) is 12.0 Å². The molecule has 158 valence electrons. The van der Waals surface area contributed by atoms with Gasteiger partial charge in [-0.25, -0.2) is 16.8 Å². The number of rotatable bonds is 7. The van der Waals surface area contributed by atoms with E-state index in [1.807, 2.05) is 19.1 Å². The van der Waals surface area contributed by atoms with Crippen LogP contribution in [0.5, 0.6) is 5.75 Å². The minimum absolute atomic E-state index is 0.0599. The fourth-order valence-electron chi connectivity index (χ4n) is 3.34. The summed E-state index contributed by atoms with van der Waals surface area (Å²) in [7, 11) is -7.45. The van der Waals surface area contributed by atoms with Gasteiger partial charge in [-0.1, -0.05) is 25.1 Å². The van der Waals surface area contributed by atoms with Gasteiger partial charge in [-0.15, -0.1) is 0 Å². The number of anilines is 2. The number of hydrogen-bond donors (Lipinski definition) is 1. The van der Waals surface area contributed by atoms with Crippen LogP contribution in [0.2, 0.25) is 0 Å². The summed E-state index contributed by atoms with van der Waals surface area (Å²) < 4.78 is 60.8. The summed E-state index contributed by atoms with van der Waals surface area (Å²) in [5.74, 6) is 0.247. The molecule has 7 nitrogen and oxygen atoms in total. The van der Waals surface area contributed by atoms with Gasteiger partial charge >= 0.3 is 0 Å². The monoisotopic (exact) mass is 438 g/mol. The molecule has 0 aromatic heterocycles. The maximum absolute atomic E-state index is 13.2. The summed E-state index contributed by atoms with van der Waals surface area (Å²) in [6.45, 7) is 4.33. The molecule has 3 rings (SSSR count). The fraction of sp³-hybridized carbons (Fsp3) is 0.400. The van der Waals surface area contributed by atoms with Crippen LogP contribution in [0.4, 0.5) is 11.4 Å². The van der Waals surface area contributed by atoms with Gasteiger partial charge in [0.05, 0.1) is 23.7 Å². The summed E-state index contributed by atoms with van der Waals surface area (Å²) in [4.78, 5) is -0.0801. The van der Waals surface area contributed by atoms with Crippen LogP contribution in [-0.4, -0.2) is 35.7 Å². The van der Waals surface area contributed by atoms with E-state index in [9.17, 15) is 16.8 Å². The normalized spacial score (nSPS) is 16.4. The number of benzene rings is 2. The number of sulfonamides is 2. The van der Waals surface area contributed by atoms with Crippen LogP contribution in [0.25, 0.3) is 0 Å². The highest BCUT2D eigenvalue weighted by atomic mass is 32.2. The molecule has 1 saturated heterocycles. The van der Waals surface area contributed by atoms with Gasteiger partial charge in [0.1, 0.15) is 10.6 Å². The number of aryl methyl sites for hydroxylation is 1. The summed E-state index contributed by atoms with van der Waals surface area (Å²) in [6.07, 6.45) is 2.01. The lowest BCUT2D eigenvalue weighted by Gasteiger charge is -2.29. The van der Waals surface area contributed by atoms with Crippen molar-refractivity contribution in [2.75, 3.05) is 27.9 Å². The molecule has 1 aliphatic heterocycles. The first kappa shape index (κ1) is 21.4. The lowest BCUT2D eigenvalue weighted by molar-refractivity contribution is 0.331. The predicted octanol–water partition coefficient (Wildman–Crippen LogP) is 3.38. The summed E-state index contributed by atoms with van der Waals surface area (Å²) in [6, 6.07) is 11.7. The van der Waals surface area contributed by atoms with Crippen LogP contribution in [-0.2, 0) is 26.5 Å². The Labute approximate surface area is 172 Å². The van der Waals surface area contributed by atoms with E-state index in [4.69, 9.17) is 4.74 Å². The Balaban J connectivity index is 2.06. The van der Waals surface area contributed by atoms with Crippen molar-refractivity contribution < 1.29 is 21.6 Å². The summed E-state index contributed by atoms with van der Waals surface area (Å²) in [5.41, 5.74) is 1.69. The molecule has 1 N–H and O–H groups in total. The average Bonchev–Trinajstić information content (AvgIpc) is 2.68. The maximum Gasteiger partial charge on any atom is 0.265 e. The molecule has 0 saturated carbocycles. The number of hydrogen-bond acceptors (Lipinski definition) is 5. The van der Waals surface area contributed by atoms with Crippen LogP contribution >= 0.6 is 0 Å². The largest absolute Gasteiger partial charge is 0.492 e. The van der Waals surface area contributed by atoms with Crippen molar-refractivity contribution in [1.29, 1.82) is 0 Å². The SMILES string of the molecule is CCOc1ccc(N2CCCCS2(=O)=O)cc1S(=O)(=O)Nc1ccccc1CC. The van der Waals surface area contributed by atoms with E-state index in [2.05, 4.69) is 4.72 Å². The van der Waals surface area contributed by atoms with E-state index < -0.39 is 20.0 Å². The first-order chi connectivity index (χ1) is 13.8. The molecule has 9 heteroatoms. The Bertz CT molecular complexity index is 1080. The highest BCUT2D eigenvalue weighted by molar-refractivity contribution is 7.93. The topological polar surface area (TPSA) is 92.8 Å².